The van der Waals surface area contributed by atoms with Crippen molar-refractivity contribution in [1.82, 2.24) is 19.6 Å². The zero-order chi connectivity index (χ0) is 20.8. The molecule has 0 bridgehead atoms. The lowest BCUT2D eigenvalue weighted by Gasteiger charge is -2.08. The summed E-state index contributed by atoms with van der Waals surface area (Å²) >= 11 is 0. The summed E-state index contributed by atoms with van der Waals surface area (Å²) in [5.41, 5.74) is -0.177. The van der Waals surface area contributed by atoms with Crippen LogP contribution in [-0.2, 0) is 23.6 Å². The first-order valence-corrected chi connectivity index (χ1v) is 9.38. The Kier molecular flexibility index (Phi) is 4.91. The van der Waals surface area contributed by atoms with E-state index in [0.29, 0.717) is 5.69 Å². The number of nitrogens with one attached hydrogen (secondary N) is 1. The minimum absolute atomic E-state index is 0.0196. The molecule has 1 aromatic carbocycles. The number of halogens is 4. The van der Waals surface area contributed by atoms with Gasteiger partial charge in [-0.15, -0.1) is 0 Å². The summed E-state index contributed by atoms with van der Waals surface area (Å²) in [6.07, 6.45) is 1.21. The molecule has 2 heterocycles. The largest absolute Gasteiger partial charge is 0.271 e. The molecule has 0 saturated heterocycles. The number of anilines is 1. The Morgan fingerprint density at radius 2 is 1.68 bits per heavy atom. The van der Waals surface area contributed by atoms with Crippen LogP contribution in [0.15, 0.2) is 23.2 Å². The van der Waals surface area contributed by atoms with E-state index in [1.54, 1.807) is 14.0 Å². The lowest BCUT2D eigenvalue weighted by molar-refractivity contribution is 0.431. The van der Waals surface area contributed by atoms with Gasteiger partial charge in [0.1, 0.15) is 4.90 Å². The molecule has 7 nitrogen and oxygen atoms in total. The van der Waals surface area contributed by atoms with Gasteiger partial charge in [-0.3, -0.25) is 14.1 Å². The van der Waals surface area contributed by atoms with Gasteiger partial charge in [0, 0.05) is 25.4 Å². The molecule has 0 spiro atoms. The fourth-order valence-electron chi connectivity index (χ4n) is 2.76. The Balaban J connectivity index is 1.88. The Hall–Kier alpha value is -2.89. The molecule has 0 aliphatic rings. The minimum atomic E-state index is -4.02. The van der Waals surface area contributed by atoms with Gasteiger partial charge in [-0.2, -0.15) is 10.2 Å². The van der Waals surface area contributed by atoms with Crippen LogP contribution in [0.1, 0.15) is 17.0 Å². The monoisotopic (exact) mass is 417 g/mol. The molecule has 0 aliphatic carbocycles. The van der Waals surface area contributed by atoms with Crippen LogP contribution in [0.2, 0.25) is 0 Å². The molecule has 12 heteroatoms. The number of hydrogen-bond acceptors (Lipinski definition) is 4. The van der Waals surface area contributed by atoms with Crippen molar-refractivity contribution < 1.29 is 26.0 Å². The van der Waals surface area contributed by atoms with E-state index in [9.17, 15) is 26.0 Å². The van der Waals surface area contributed by atoms with Crippen LogP contribution in [0.25, 0.3) is 0 Å². The molecule has 1 N–H and O–H groups in total. The second kappa shape index (κ2) is 6.93. The fraction of sp³-hybridized carbons (Fsp3) is 0.250. The highest BCUT2D eigenvalue weighted by Crippen LogP contribution is 2.23. The van der Waals surface area contributed by atoms with Gasteiger partial charge in [-0.05, 0) is 13.8 Å². The molecular weight excluding hydrogens is 402 g/mol. The molecule has 0 amide bonds. The number of aromatic nitrogens is 4. The van der Waals surface area contributed by atoms with E-state index in [0.717, 1.165) is 4.68 Å². The van der Waals surface area contributed by atoms with Gasteiger partial charge in [0.15, 0.2) is 29.1 Å². The molecule has 150 valence electrons. The Labute approximate surface area is 157 Å². The van der Waals surface area contributed by atoms with Crippen LogP contribution in [0.4, 0.5) is 23.4 Å². The summed E-state index contributed by atoms with van der Waals surface area (Å²) in [7, 11) is -2.43. The maximum absolute atomic E-state index is 13.8. The molecule has 0 radical (unpaired) electrons. The zero-order valence-electron chi connectivity index (χ0n) is 15.0. The predicted molar refractivity (Wildman–Crippen MR) is 91.1 cm³/mol. The number of aryl methyl sites for hydroxylation is 2. The van der Waals surface area contributed by atoms with Gasteiger partial charge in [0.25, 0.3) is 10.0 Å². The normalized spacial score (nSPS) is 11.8. The number of hydrogen-bond donors (Lipinski definition) is 1. The molecule has 3 rings (SSSR count). The molecule has 28 heavy (non-hydrogen) atoms. The molecule has 0 fully saturated rings. The number of rotatable bonds is 5. The van der Waals surface area contributed by atoms with Crippen molar-refractivity contribution in [2.24, 2.45) is 7.05 Å². The van der Waals surface area contributed by atoms with Crippen molar-refractivity contribution in [2.75, 3.05) is 4.72 Å². The third-order valence-electron chi connectivity index (χ3n) is 4.11. The first-order chi connectivity index (χ1) is 13.0. The highest BCUT2D eigenvalue weighted by molar-refractivity contribution is 7.92. The quantitative estimate of drug-likeness (QED) is 0.511. The van der Waals surface area contributed by atoms with E-state index in [2.05, 4.69) is 14.9 Å². The lowest BCUT2D eigenvalue weighted by atomic mass is 10.2. The fourth-order valence-corrected chi connectivity index (χ4v) is 4.20. The van der Waals surface area contributed by atoms with Crippen molar-refractivity contribution in [1.29, 1.82) is 0 Å². The predicted octanol–water partition coefficient (Wildman–Crippen LogP) is 2.64. The van der Waals surface area contributed by atoms with Gasteiger partial charge < -0.3 is 0 Å². The van der Waals surface area contributed by atoms with E-state index < -0.39 is 45.4 Å². The van der Waals surface area contributed by atoms with E-state index in [-0.39, 0.29) is 22.5 Å². The summed E-state index contributed by atoms with van der Waals surface area (Å²) < 4.78 is 83.9. The van der Waals surface area contributed by atoms with Crippen LogP contribution in [-0.4, -0.2) is 28.0 Å². The highest BCUT2D eigenvalue weighted by Gasteiger charge is 2.25. The van der Waals surface area contributed by atoms with Gasteiger partial charge in [-0.1, -0.05) is 0 Å². The smallest absolute Gasteiger partial charge is 0.266 e. The molecule has 3 aromatic rings. The zero-order valence-corrected chi connectivity index (χ0v) is 15.8. The summed E-state index contributed by atoms with van der Waals surface area (Å²) in [5.74, 6) is -6.30. The van der Waals surface area contributed by atoms with Gasteiger partial charge in [-0.25, -0.2) is 26.0 Å². The average Bonchev–Trinajstić information content (AvgIpc) is 3.13. The Morgan fingerprint density at radius 1 is 1.07 bits per heavy atom. The topological polar surface area (TPSA) is 81.8 Å². The summed E-state index contributed by atoms with van der Waals surface area (Å²) in [6, 6.07) is 1.35. The van der Waals surface area contributed by atoms with Gasteiger partial charge in [0.05, 0.1) is 23.5 Å². The van der Waals surface area contributed by atoms with Gasteiger partial charge in [0.2, 0.25) is 0 Å². The molecule has 0 saturated carbocycles. The Bertz CT molecular complexity index is 1140. The second-order valence-electron chi connectivity index (χ2n) is 6.07. The number of benzene rings is 1. The minimum Gasteiger partial charge on any atom is -0.271 e. The number of sulfonamides is 1. The van der Waals surface area contributed by atoms with Crippen molar-refractivity contribution in [3.05, 3.63) is 58.5 Å². The van der Waals surface area contributed by atoms with E-state index >= 15 is 0 Å². The third kappa shape index (κ3) is 3.46. The first kappa shape index (κ1) is 19.9. The second-order valence-corrected chi connectivity index (χ2v) is 7.69. The Morgan fingerprint density at radius 3 is 2.21 bits per heavy atom. The number of nitrogens with zero attached hydrogens (tertiary/aromatic N) is 4. The maximum Gasteiger partial charge on any atom is 0.266 e. The van der Waals surface area contributed by atoms with Crippen molar-refractivity contribution in [3.8, 4) is 0 Å². The molecule has 0 unspecified atom stereocenters. The summed E-state index contributed by atoms with van der Waals surface area (Å²) in [6.45, 7) is 2.47. The lowest BCUT2D eigenvalue weighted by Crippen LogP contribution is -2.16. The maximum atomic E-state index is 13.8. The summed E-state index contributed by atoms with van der Waals surface area (Å²) in [5, 5.41) is 7.88. The van der Waals surface area contributed by atoms with E-state index in [1.807, 2.05) is 0 Å². The van der Waals surface area contributed by atoms with Crippen molar-refractivity contribution in [3.63, 3.8) is 0 Å². The van der Waals surface area contributed by atoms with Crippen LogP contribution in [0.3, 0.4) is 0 Å². The van der Waals surface area contributed by atoms with E-state index in [4.69, 9.17) is 0 Å². The molecular formula is C16H15F4N5O2S. The molecule has 2 aromatic heterocycles. The third-order valence-corrected chi connectivity index (χ3v) is 5.72. The van der Waals surface area contributed by atoms with Crippen LogP contribution in [0.5, 0.6) is 0 Å². The molecule has 0 aliphatic heterocycles. The van der Waals surface area contributed by atoms with Crippen LogP contribution in [0, 0.1) is 37.1 Å². The van der Waals surface area contributed by atoms with E-state index in [1.165, 1.54) is 23.9 Å². The van der Waals surface area contributed by atoms with Crippen LogP contribution >= 0.6 is 0 Å². The van der Waals surface area contributed by atoms with Gasteiger partial charge >= 0.3 is 0 Å². The molecule has 0 atom stereocenters. The summed E-state index contributed by atoms with van der Waals surface area (Å²) in [4.78, 5) is -0.0196. The van der Waals surface area contributed by atoms with Crippen molar-refractivity contribution >= 4 is 15.8 Å². The standard InChI is InChI=1S/C16H15F4N5O2S/c1-8-16(9(2)24(3)21-8)28(26,27)23-13-4-5-25(22-13)7-10-14(19)11(17)6-12(18)15(10)20/h4-6H,7H2,1-3H3,(H,22,23). The highest BCUT2D eigenvalue weighted by atomic mass is 32.2. The van der Waals surface area contributed by atoms with Crippen molar-refractivity contribution in [2.45, 2.75) is 25.3 Å². The van der Waals surface area contributed by atoms with Crippen LogP contribution < -0.4 is 4.72 Å². The SMILES string of the molecule is Cc1nn(C)c(C)c1S(=O)(=O)Nc1ccn(Cc2c(F)c(F)cc(F)c2F)n1. The average molecular weight is 417 g/mol. The first-order valence-electron chi connectivity index (χ1n) is 7.89.